The molecule has 23 heavy (non-hydrogen) atoms. The Labute approximate surface area is 136 Å². The van der Waals surface area contributed by atoms with Crippen molar-refractivity contribution in [3.05, 3.63) is 29.6 Å². The van der Waals surface area contributed by atoms with E-state index >= 15 is 0 Å². The number of carboxylic acids is 1. The number of carboxylic acid groups (broad SMARTS) is 1. The predicted molar refractivity (Wildman–Crippen MR) is 85.5 cm³/mol. The fraction of sp³-hybridized carbons (Fsp3) is 0.588. The Hall–Kier alpha value is -1.95. The van der Waals surface area contributed by atoms with Crippen LogP contribution in [0, 0.1) is 5.92 Å². The van der Waals surface area contributed by atoms with E-state index in [0.29, 0.717) is 24.6 Å². The number of hydrogen-bond donors (Lipinski definition) is 2. The van der Waals surface area contributed by atoms with Crippen molar-refractivity contribution in [1.29, 1.82) is 0 Å². The van der Waals surface area contributed by atoms with Crippen LogP contribution in [0.2, 0.25) is 0 Å². The fourth-order valence-electron chi connectivity index (χ4n) is 3.08. The molecule has 1 aromatic heterocycles. The molecule has 0 aromatic carbocycles. The van der Waals surface area contributed by atoms with Gasteiger partial charge in [-0.25, -0.2) is 9.78 Å². The minimum absolute atomic E-state index is 0.0702. The Bertz CT molecular complexity index is 524. The lowest BCUT2D eigenvalue weighted by molar-refractivity contribution is 0.0163. The Morgan fingerprint density at radius 3 is 2.70 bits per heavy atom. The lowest BCUT2D eigenvalue weighted by Crippen LogP contribution is -2.31. The molecule has 1 atom stereocenters. The number of carbonyl (C=O) groups excluding carboxylic acids is 1. The quantitative estimate of drug-likeness (QED) is 0.768. The Kier molecular flexibility index (Phi) is 6.52. The number of aromatic nitrogens is 1. The molecular weight excluding hydrogens is 296 g/mol. The summed E-state index contributed by atoms with van der Waals surface area (Å²) < 4.78 is 5.83. The van der Waals surface area contributed by atoms with Gasteiger partial charge >= 0.3 is 5.97 Å². The summed E-state index contributed by atoms with van der Waals surface area (Å²) in [4.78, 5) is 26.5. The number of hydrogen-bond acceptors (Lipinski definition) is 4. The average molecular weight is 320 g/mol. The minimum atomic E-state index is -1.10. The van der Waals surface area contributed by atoms with Crippen molar-refractivity contribution in [2.75, 3.05) is 13.2 Å². The van der Waals surface area contributed by atoms with Crippen molar-refractivity contribution in [2.24, 2.45) is 5.92 Å². The summed E-state index contributed by atoms with van der Waals surface area (Å²) in [6, 6.07) is 2.81. The van der Waals surface area contributed by atoms with E-state index in [1.54, 1.807) is 0 Å². The molecule has 6 nitrogen and oxygen atoms in total. The number of carbonyl (C=O) groups is 2. The van der Waals surface area contributed by atoms with Crippen LogP contribution >= 0.6 is 0 Å². The van der Waals surface area contributed by atoms with Crippen LogP contribution in [-0.4, -0.2) is 41.2 Å². The predicted octanol–water partition coefficient (Wildman–Crippen LogP) is 2.50. The molecule has 1 fully saturated rings. The molecule has 0 saturated heterocycles. The van der Waals surface area contributed by atoms with Crippen molar-refractivity contribution in [1.82, 2.24) is 10.3 Å². The topological polar surface area (TPSA) is 88.5 Å². The lowest BCUT2D eigenvalue weighted by Gasteiger charge is -2.23. The third-order valence-corrected chi connectivity index (χ3v) is 4.27. The van der Waals surface area contributed by atoms with Crippen molar-refractivity contribution in [3.63, 3.8) is 0 Å². The van der Waals surface area contributed by atoms with Gasteiger partial charge in [-0.1, -0.05) is 12.8 Å². The molecule has 1 amide bonds. The lowest BCUT2D eigenvalue weighted by atomic mass is 9.98. The van der Waals surface area contributed by atoms with Crippen LogP contribution in [0.1, 0.15) is 59.9 Å². The molecule has 1 unspecified atom stereocenters. The largest absolute Gasteiger partial charge is 0.477 e. The number of pyridine rings is 1. The molecule has 1 aliphatic carbocycles. The zero-order valence-electron chi connectivity index (χ0n) is 13.5. The first-order valence-electron chi connectivity index (χ1n) is 8.21. The van der Waals surface area contributed by atoms with Crippen molar-refractivity contribution < 1.29 is 19.4 Å². The van der Waals surface area contributed by atoms with Gasteiger partial charge in [0.25, 0.3) is 5.91 Å². The fourth-order valence-corrected chi connectivity index (χ4v) is 3.08. The summed E-state index contributed by atoms with van der Waals surface area (Å²) in [5.41, 5.74) is 0.294. The molecular formula is C17H24N2O4. The van der Waals surface area contributed by atoms with E-state index in [4.69, 9.17) is 9.84 Å². The Balaban J connectivity index is 1.81. The van der Waals surface area contributed by atoms with Crippen molar-refractivity contribution in [2.45, 2.75) is 45.1 Å². The molecule has 2 N–H and O–H groups in total. The van der Waals surface area contributed by atoms with Gasteiger partial charge in [0.2, 0.25) is 0 Å². The second kappa shape index (κ2) is 8.62. The molecule has 1 aromatic rings. The molecule has 1 aliphatic rings. The Morgan fingerprint density at radius 1 is 1.39 bits per heavy atom. The summed E-state index contributed by atoms with van der Waals surface area (Å²) in [5.74, 6) is -0.743. The molecule has 2 rings (SSSR count). The molecule has 0 spiro atoms. The third-order valence-electron chi connectivity index (χ3n) is 4.27. The normalized spacial score (nSPS) is 16.2. The number of aromatic carboxylic acids is 1. The van der Waals surface area contributed by atoms with Gasteiger partial charge in [-0.15, -0.1) is 0 Å². The smallest absolute Gasteiger partial charge is 0.354 e. The third kappa shape index (κ3) is 5.03. The van der Waals surface area contributed by atoms with E-state index in [1.165, 1.54) is 44.0 Å². The number of nitrogens with zero attached hydrogens (tertiary/aromatic N) is 1. The van der Waals surface area contributed by atoms with Gasteiger partial charge < -0.3 is 15.2 Å². The molecule has 0 radical (unpaired) electrons. The number of amides is 1. The van der Waals surface area contributed by atoms with Crippen LogP contribution in [0.4, 0.5) is 0 Å². The standard InChI is InChI=1S/C17H24N2O4/c1-2-23-15(12-5-3-4-6-12)9-10-18-16(20)13-7-8-14(17(21)22)19-11-13/h7-8,11-12,15H,2-6,9-10H2,1H3,(H,18,20)(H,21,22). The van der Waals surface area contributed by atoms with Gasteiger partial charge in [0, 0.05) is 19.3 Å². The molecule has 1 saturated carbocycles. The number of nitrogens with one attached hydrogen (secondary N) is 1. The van der Waals surface area contributed by atoms with Crippen molar-refractivity contribution >= 4 is 11.9 Å². The molecule has 1 heterocycles. The van der Waals surface area contributed by atoms with Gasteiger partial charge in [-0.05, 0) is 44.2 Å². The summed E-state index contributed by atoms with van der Waals surface area (Å²) in [7, 11) is 0. The highest BCUT2D eigenvalue weighted by molar-refractivity contribution is 5.94. The van der Waals surface area contributed by atoms with Crippen LogP contribution in [0.15, 0.2) is 18.3 Å². The summed E-state index contributed by atoms with van der Waals surface area (Å²) in [6.07, 6.45) is 7.24. The van der Waals surface area contributed by atoms with E-state index in [0.717, 1.165) is 6.42 Å². The summed E-state index contributed by atoms with van der Waals surface area (Å²) in [6.45, 7) is 3.23. The van der Waals surface area contributed by atoms with Crippen LogP contribution in [0.25, 0.3) is 0 Å². The van der Waals surface area contributed by atoms with Crippen LogP contribution in [-0.2, 0) is 4.74 Å². The van der Waals surface area contributed by atoms with Gasteiger partial charge in [-0.3, -0.25) is 4.79 Å². The highest BCUT2D eigenvalue weighted by Gasteiger charge is 2.25. The molecule has 0 bridgehead atoms. The van der Waals surface area contributed by atoms with E-state index in [1.807, 2.05) is 6.92 Å². The number of rotatable bonds is 8. The van der Waals surface area contributed by atoms with Gasteiger partial charge in [0.1, 0.15) is 5.69 Å². The second-order valence-electron chi connectivity index (χ2n) is 5.82. The zero-order valence-corrected chi connectivity index (χ0v) is 13.5. The summed E-state index contributed by atoms with van der Waals surface area (Å²) in [5, 5.41) is 11.6. The second-order valence-corrected chi connectivity index (χ2v) is 5.82. The van der Waals surface area contributed by atoms with Crippen LogP contribution in [0.3, 0.4) is 0 Å². The van der Waals surface area contributed by atoms with Gasteiger partial charge in [0.05, 0.1) is 11.7 Å². The molecule has 0 aliphatic heterocycles. The van der Waals surface area contributed by atoms with Crippen LogP contribution in [0.5, 0.6) is 0 Å². The molecule has 6 heteroatoms. The monoisotopic (exact) mass is 320 g/mol. The number of ether oxygens (including phenoxy) is 1. The maximum absolute atomic E-state index is 12.0. The van der Waals surface area contributed by atoms with Crippen molar-refractivity contribution in [3.8, 4) is 0 Å². The SMILES string of the molecule is CCOC(CCNC(=O)c1ccc(C(=O)O)nc1)C1CCCC1. The molecule has 126 valence electrons. The maximum Gasteiger partial charge on any atom is 0.354 e. The maximum atomic E-state index is 12.0. The van der Waals surface area contributed by atoms with E-state index in [-0.39, 0.29) is 17.7 Å². The van der Waals surface area contributed by atoms with E-state index in [2.05, 4.69) is 10.3 Å². The highest BCUT2D eigenvalue weighted by atomic mass is 16.5. The van der Waals surface area contributed by atoms with Crippen LogP contribution < -0.4 is 5.32 Å². The van der Waals surface area contributed by atoms with E-state index < -0.39 is 5.97 Å². The summed E-state index contributed by atoms with van der Waals surface area (Å²) >= 11 is 0. The zero-order chi connectivity index (χ0) is 16.7. The average Bonchev–Trinajstić information content (AvgIpc) is 3.08. The van der Waals surface area contributed by atoms with E-state index in [9.17, 15) is 9.59 Å². The van der Waals surface area contributed by atoms with Gasteiger partial charge in [0.15, 0.2) is 0 Å². The minimum Gasteiger partial charge on any atom is -0.477 e. The first kappa shape index (κ1) is 17.4. The Morgan fingerprint density at radius 2 is 2.13 bits per heavy atom. The highest BCUT2D eigenvalue weighted by Crippen LogP contribution is 2.30. The first-order chi connectivity index (χ1) is 11.1. The van der Waals surface area contributed by atoms with Gasteiger partial charge in [-0.2, -0.15) is 0 Å². The first-order valence-corrected chi connectivity index (χ1v) is 8.21.